The van der Waals surface area contributed by atoms with Crippen LogP contribution in [0.15, 0.2) is 48.9 Å². The molecule has 4 aromatic rings. The van der Waals surface area contributed by atoms with E-state index in [9.17, 15) is 9.18 Å². The fourth-order valence-electron chi connectivity index (χ4n) is 2.56. The van der Waals surface area contributed by atoms with Crippen LogP contribution in [-0.2, 0) is 0 Å². The number of halogens is 1. The Morgan fingerprint density at radius 2 is 2.20 bits per heavy atom. The molecule has 0 aliphatic heterocycles. The predicted molar refractivity (Wildman–Crippen MR) is 90.1 cm³/mol. The number of carbonyl (C=O) groups excluding carboxylic acids is 1. The number of fused-ring (bicyclic) bond motifs is 1. The maximum absolute atomic E-state index is 13.6. The van der Waals surface area contributed by atoms with Crippen LogP contribution >= 0.6 is 0 Å². The SMILES string of the molecule is Cc1nc2ncc(C(=O)Nc3cc(F)ccc3-n3cccn3)cc2[nH]1. The van der Waals surface area contributed by atoms with Crippen LogP contribution in [0.5, 0.6) is 0 Å². The maximum Gasteiger partial charge on any atom is 0.257 e. The van der Waals surface area contributed by atoms with E-state index in [0.717, 1.165) is 0 Å². The standard InChI is InChI=1S/C17H13FN6O/c1-10-21-14-7-11(9-19-16(14)22-10)17(25)23-13-8-12(18)3-4-15(13)24-6-2-5-20-24/h2-9H,1H3,(H,23,25)(H,19,21,22). The van der Waals surface area contributed by atoms with Crippen LogP contribution in [0.2, 0.25) is 0 Å². The van der Waals surface area contributed by atoms with Crippen molar-refractivity contribution >= 4 is 22.8 Å². The topological polar surface area (TPSA) is 88.5 Å². The summed E-state index contributed by atoms with van der Waals surface area (Å²) >= 11 is 0. The Labute approximate surface area is 141 Å². The van der Waals surface area contributed by atoms with Crippen LogP contribution in [0.4, 0.5) is 10.1 Å². The third kappa shape index (κ3) is 2.85. The molecule has 4 rings (SSSR count). The molecule has 2 N–H and O–H groups in total. The molecule has 1 aromatic carbocycles. The Hall–Kier alpha value is -3.55. The minimum atomic E-state index is -0.455. The van der Waals surface area contributed by atoms with E-state index < -0.39 is 11.7 Å². The number of hydrogen-bond acceptors (Lipinski definition) is 4. The lowest BCUT2D eigenvalue weighted by atomic mass is 10.2. The molecule has 0 saturated carbocycles. The van der Waals surface area contributed by atoms with Gasteiger partial charge in [-0.15, -0.1) is 0 Å². The number of nitrogens with zero attached hydrogens (tertiary/aromatic N) is 4. The number of H-pyrrole nitrogens is 1. The molecule has 0 unspecified atom stereocenters. The van der Waals surface area contributed by atoms with Gasteiger partial charge >= 0.3 is 0 Å². The summed E-state index contributed by atoms with van der Waals surface area (Å²) in [5, 5.41) is 6.83. The monoisotopic (exact) mass is 336 g/mol. The molecule has 0 atom stereocenters. The third-order valence-electron chi connectivity index (χ3n) is 3.68. The van der Waals surface area contributed by atoms with Gasteiger partial charge in [0.2, 0.25) is 0 Å². The second-order valence-electron chi connectivity index (χ2n) is 5.48. The lowest BCUT2D eigenvalue weighted by Gasteiger charge is -2.11. The summed E-state index contributed by atoms with van der Waals surface area (Å²) in [5.41, 5.74) is 2.42. The summed E-state index contributed by atoms with van der Waals surface area (Å²) < 4.78 is 15.2. The van der Waals surface area contributed by atoms with Gasteiger partial charge in [-0.25, -0.2) is 19.0 Å². The van der Waals surface area contributed by atoms with Crippen LogP contribution in [-0.4, -0.2) is 30.6 Å². The van der Waals surface area contributed by atoms with Crippen molar-refractivity contribution in [3.63, 3.8) is 0 Å². The molecule has 3 aromatic heterocycles. The molecule has 7 nitrogen and oxygen atoms in total. The predicted octanol–water partition coefficient (Wildman–Crippen LogP) is 2.84. The van der Waals surface area contributed by atoms with E-state index in [1.165, 1.54) is 18.3 Å². The highest BCUT2D eigenvalue weighted by Gasteiger charge is 2.13. The Morgan fingerprint density at radius 3 is 3.00 bits per heavy atom. The number of pyridine rings is 1. The second kappa shape index (κ2) is 5.82. The number of hydrogen-bond donors (Lipinski definition) is 2. The summed E-state index contributed by atoms with van der Waals surface area (Å²) in [6.45, 7) is 1.81. The molecule has 0 fully saturated rings. The molecule has 0 bridgehead atoms. The van der Waals surface area contributed by atoms with E-state index in [1.54, 1.807) is 35.3 Å². The number of aryl methyl sites for hydroxylation is 1. The minimum Gasteiger partial charge on any atom is -0.341 e. The zero-order valence-electron chi connectivity index (χ0n) is 13.2. The van der Waals surface area contributed by atoms with E-state index in [-0.39, 0.29) is 0 Å². The molecular weight excluding hydrogens is 323 g/mol. The van der Waals surface area contributed by atoms with E-state index in [0.29, 0.717) is 33.9 Å². The Morgan fingerprint density at radius 1 is 1.32 bits per heavy atom. The average molecular weight is 336 g/mol. The van der Waals surface area contributed by atoms with Crippen LogP contribution in [0, 0.1) is 12.7 Å². The summed E-state index contributed by atoms with van der Waals surface area (Å²) in [6, 6.07) is 7.52. The third-order valence-corrected chi connectivity index (χ3v) is 3.68. The van der Waals surface area contributed by atoms with Gasteiger partial charge in [-0.1, -0.05) is 0 Å². The second-order valence-corrected chi connectivity index (χ2v) is 5.48. The van der Waals surface area contributed by atoms with Gasteiger partial charge in [0, 0.05) is 18.6 Å². The molecule has 8 heteroatoms. The normalized spacial score (nSPS) is 11.0. The van der Waals surface area contributed by atoms with Crippen molar-refractivity contribution in [2.24, 2.45) is 0 Å². The van der Waals surface area contributed by atoms with Crippen LogP contribution in [0.3, 0.4) is 0 Å². The summed E-state index contributed by atoms with van der Waals surface area (Å²) in [6.07, 6.45) is 4.75. The fraction of sp³-hybridized carbons (Fsp3) is 0.0588. The largest absolute Gasteiger partial charge is 0.341 e. The van der Waals surface area contributed by atoms with Gasteiger partial charge in [0.15, 0.2) is 5.65 Å². The van der Waals surface area contributed by atoms with Gasteiger partial charge in [0.1, 0.15) is 11.6 Å². The lowest BCUT2D eigenvalue weighted by molar-refractivity contribution is 0.102. The Bertz CT molecular complexity index is 1070. The number of carbonyl (C=O) groups is 1. The number of nitrogens with one attached hydrogen (secondary N) is 2. The van der Waals surface area contributed by atoms with E-state index in [1.807, 2.05) is 6.92 Å². The van der Waals surface area contributed by atoms with Crippen molar-refractivity contribution in [1.29, 1.82) is 0 Å². The smallest absolute Gasteiger partial charge is 0.257 e. The molecule has 0 spiro atoms. The summed E-state index contributed by atoms with van der Waals surface area (Å²) in [4.78, 5) is 24.0. The molecular formula is C17H13FN6O. The van der Waals surface area contributed by atoms with Crippen LogP contribution < -0.4 is 5.32 Å². The Balaban J connectivity index is 1.69. The highest BCUT2D eigenvalue weighted by molar-refractivity contribution is 6.06. The first-order valence-electron chi connectivity index (χ1n) is 7.53. The number of rotatable bonds is 3. The highest BCUT2D eigenvalue weighted by atomic mass is 19.1. The quantitative estimate of drug-likeness (QED) is 0.602. The number of aromatic amines is 1. The van der Waals surface area contributed by atoms with E-state index in [2.05, 4.69) is 25.4 Å². The summed E-state index contributed by atoms with van der Waals surface area (Å²) in [5.74, 6) is -0.143. The number of anilines is 1. The zero-order valence-corrected chi connectivity index (χ0v) is 13.2. The van der Waals surface area contributed by atoms with E-state index >= 15 is 0 Å². The van der Waals surface area contributed by atoms with Crippen molar-refractivity contribution in [2.75, 3.05) is 5.32 Å². The van der Waals surface area contributed by atoms with Gasteiger partial charge in [0.25, 0.3) is 5.91 Å². The number of amides is 1. The first-order chi connectivity index (χ1) is 12.1. The molecule has 0 aliphatic rings. The average Bonchev–Trinajstić information content (AvgIpc) is 3.22. The molecule has 3 heterocycles. The van der Waals surface area contributed by atoms with Gasteiger partial charge in [0.05, 0.1) is 22.5 Å². The maximum atomic E-state index is 13.6. The lowest BCUT2D eigenvalue weighted by Crippen LogP contribution is -2.14. The van der Waals surface area contributed by atoms with Crippen LogP contribution in [0.1, 0.15) is 16.2 Å². The van der Waals surface area contributed by atoms with Crippen molar-refractivity contribution in [2.45, 2.75) is 6.92 Å². The van der Waals surface area contributed by atoms with E-state index in [4.69, 9.17) is 0 Å². The highest BCUT2D eigenvalue weighted by Crippen LogP contribution is 2.22. The molecule has 25 heavy (non-hydrogen) atoms. The first-order valence-corrected chi connectivity index (χ1v) is 7.53. The zero-order chi connectivity index (χ0) is 17.4. The summed E-state index contributed by atoms with van der Waals surface area (Å²) in [7, 11) is 0. The minimum absolute atomic E-state index is 0.314. The fourth-order valence-corrected chi connectivity index (χ4v) is 2.56. The molecule has 124 valence electrons. The number of imidazole rings is 1. The van der Waals surface area contributed by atoms with Crippen molar-refractivity contribution < 1.29 is 9.18 Å². The van der Waals surface area contributed by atoms with Gasteiger partial charge < -0.3 is 10.3 Å². The first kappa shape index (κ1) is 15.0. The molecule has 0 aliphatic carbocycles. The van der Waals surface area contributed by atoms with Crippen LogP contribution in [0.25, 0.3) is 16.9 Å². The molecule has 1 amide bonds. The van der Waals surface area contributed by atoms with Crippen molar-refractivity contribution in [1.82, 2.24) is 24.7 Å². The van der Waals surface area contributed by atoms with Gasteiger partial charge in [-0.2, -0.15) is 5.10 Å². The van der Waals surface area contributed by atoms with Gasteiger partial charge in [-0.05, 0) is 37.3 Å². The number of aromatic nitrogens is 5. The van der Waals surface area contributed by atoms with Gasteiger partial charge in [-0.3, -0.25) is 4.79 Å². The van der Waals surface area contributed by atoms with Crippen molar-refractivity contribution in [3.05, 3.63) is 66.1 Å². The van der Waals surface area contributed by atoms with Crippen molar-refractivity contribution in [3.8, 4) is 5.69 Å². The Kier molecular flexibility index (Phi) is 3.50. The molecule has 0 radical (unpaired) electrons. The number of benzene rings is 1. The molecule has 0 saturated heterocycles.